The number of aliphatic hydroxyl groups excluding tert-OH is 4. The van der Waals surface area contributed by atoms with Gasteiger partial charge < -0.3 is 25.2 Å². The summed E-state index contributed by atoms with van der Waals surface area (Å²) in [5.74, 6) is 2.19. The molecule has 1 unspecified atom stereocenters. The van der Waals surface area contributed by atoms with E-state index < -0.39 is 30.6 Å². The van der Waals surface area contributed by atoms with Crippen LogP contribution in [0.2, 0.25) is 0 Å². The van der Waals surface area contributed by atoms with Crippen molar-refractivity contribution in [2.24, 2.45) is 17.8 Å². The van der Waals surface area contributed by atoms with Crippen LogP contribution in [0.3, 0.4) is 0 Å². The van der Waals surface area contributed by atoms with Crippen LogP contribution in [0.15, 0.2) is 0 Å². The van der Waals surface area contributed by atoms with Crippen LogP contribution in [0.5, 0.6) is 0 Å². The van der Waals surface area contributed by atoms with Gasteiger partial charge in [0.1, 0.15) is 18.3 Å². The van der Waals surface area contributed by atoms with Gasteiger partial charge in [0.05, 0.1) is 13.2 Å². The zero-order valence-electron chi connectivity index (χ0n) is 12.8. The molecule has 1 aliphatic heterocycles. The van der Waals surface area contributed by atoms with Crippen molar-refractivity contribution in [2.75, 3.05) is 13.2 Å². The molecule has 5 aliphatic rings. The van der Waals surface area contributed by atoms with E-state index in [-0.39, 0.29) is 12.1 Å². The Hall–Kier alpha value is -0.240. The van der Waals surface area contributed by atoms with Crippen molar-refractivity contribution < 1.29 is 25.2 Å². The second-order valence-corrected chi connectivity index (χ2v) is 8.14. The van der Waals surface area contributed by atoms with Gasteiger partial charge in [0, 0.05) is 5.54 Å². The number of hydrogen-bond acceptors (Lipinski definition) is 6. The highest BCUT2D eigenvalue weighted by Crippen LogP contribution is 2.56. The number of ether oxygens (including phenoxy) is 1. The molecular formula is C16H27NO5. The lowest BCUT2D eigenvalue weighted by atomic mass is 9.53. The lowest BCUT2D eigenvalue weighted by Gasteiger charge is -2.59. The molecule has 1 heterocycles. The second kappa shape index (κ2) is 5.13. The SMILES string of the molecule is OC[C@H]1OC(CO)(NC23CC4CC(CC(C4)C2)C3)[C@@H](O)[C@@H]1O. The van der Waals surface area contributed by atoms with E-state index in [1.807, 2.05) is 0 Å². The number of hydrogen-bond donors (Lipinski definition) is 5. The van der Waals surface area contributed by atoms with Crippen LogP contribution >= 0.6 is 0 Å². The molecule has 0 spiro atoms. The summed E-state index contributed by atoms with van der Waals surface area (Å²) in [6.07, 6.45) is 3.80. The maximum absolute atomic E-state index is 10.4. The van der Waals surface area contributed by atoms with Crippen LogP contribution in [0, 0.1) is 17.8 Å². The van der Waals surface area contributed by atoms with Gasteiger partial charge in [-0.3, -0.25) is 5.32 Å². The number of rotatable bonds is 4. The van der Waals surface area contributed by atoms with Gasteiger partial charge in [-0.2, -0.15) is 0 Å². The summed E-state index contributed by atoms with van der Waals surface area (Å²) >= 11 is 0. The molecule has 4 aliphatic carbocycles. The van der Waals surface area contributed by atoms with Gasteiger partial charge in [0.2, 0.25) is 0 Å². The van der Waals surface area contributed by atoms with Crippen molar-refractivity contribution in [3.63, 3.8) is 0 Å². The first-order valence-electron chi connectivity index (χ1n) is 8.54. The van der Waals surface area contributed by atoms with Gasteiger partial charge in [-0.1, -0.05) is 0 Å². The normalized spacial score (nSPS) is 56.7. The first-order chi connectivity index (χ1) is 10.5. The first kappa shape index (κ1) is 15.3. The molecule has 4 saturated carbocycles. The Morgan fingerprint density at radius 1 is 0.955 bits per heavy atom. The molecule has 0 aromatic heterocycles. The van der Waals surface area contributed by atoms with Crippen molar-refractivity contribution in [1.82, 2.24) is 5.32 Å². The highest BCUT2D eigenvalue weighted by atomic mass is 16.6. The average Bonchev–Trinajstić information content (AvgIpc) is 2.70. The first-order valence-corrected chi connectivity index (χ1v) is 8.54. The predicted molar refractivity (Wildman–Crippen MR) is 77.8 cm³/mol. The molecule has 5 N–H and O–H groups in total. The van der Waals surface area contributed by atoms with E-state index in [0.29, 0.717) is 0 Å². The molecule has 22 heavy (non-hydrogen) atoms. The molecule has 0 aromatic rings. The Bertz CT molecular complexity index is 409. The molecule has 4 bridgehead atoms. The fourth-order valence-corrected chi connectivity index (χ4v) is 6.02. The van der Waals surface area contributed by atoms with Crippen molar-refractivity contribution in [1.29, 1.82) is 0 Å². The molecule has 126 valence electrons. The quantitative estimate of drug-likeness (QED) is 0.473. The molecular weight excluding hydrogens is 286 g/mol. The van der Waals surface area contributed by atoms with E-state index >= 15 is 0 Å². The largest absolute Gasteiger partial charge is 0.394 e. The minimum Gasteiger partial charge on any atom is -0.394 e. The molecule has 0 aromatic carbocycles. The van der Waals surface area contributed by atoms with Gasteiger partial charge in [0.25, 0.3) is 0 Å². The van der Waals surface area contributed by atoms with Crippen LogP contribution in [-0.4, -0.2) is 63.2 Å². The Balaban J connectivity index is 1.59. The lowest BCUT2D eigenvalue weighted by Crippen LogP contribution is -2.69. The third-order valence-electron chi connectivity index (χ3n) is 6.47. The van der Waals surface area contributed by atoms with E-state index in [4.69, 9.17) is 4.74 Å². The molecule has 0 radical (unpaired) electrons. The maximum atomic E-state index is 10.4. The maximum Gasteiger partial charge on any atom is 0.172 e. The topological polar surface area (TPSA) is 102 Å². The molecule has 0 amide bonds. The van der Waals surface area contributed by atoms with Crippen LogP contribution in [-0.2, 0) is 4.74 Å². The van der Waals surface area contributed by atoms with Gasteiger partial charge >= 0.3 is 0 Å². The van der Waals surface area contributed by atoms with Crippen molar-refractivity contribution in [2.45, 2.75) is 68.1 Å². The molecule has 1 saturated heterocycles. The zero-order chi connectivity index (χ0) is 15.5. The lowest BCUT2D eigenvalue weighted by molar-refractivity contribution is -0.170. The predicted octanol–water partition coefficient (Wildman–Crippen LogP) is -0.654. The summed E-state index contributed by atoms with van der Waals surface area (Å²) in [4.78, 5) is 0. The standard InChI is InChI=1S/C16H27NO5/c18-7-12-13(20)14(21)16(8-19,22-12)17-15-4-9-1-10(5-15)3-11(2-9)6-15/h9-14,17-21H,1-8H2/t9?,10?,11?,12-,13-,14+,15?,16?/m1/s1. The summed E-state index contributed by atoms with van der Waals surface area (Å²) in [6, 6.07) is 0. The Morgan fingerprint density at radius 2 is 1.50 bits per heavy atom. The smallest absolute Gasteiger partial charge is 0.172 e. The van der Waals surface area contributed by atoms with E-state index in [9.17, 15) is 20.4 Å². The van der Waals surface area contributed by atoms with E-state index in [1.54, 1.807) is 0 Å². The second-order valence-electron chi connectivity index (χ2n) is 8.14. The average molecular weight is 313 g/mol. The number of nitrogens with one attached hydrogen (secondary N) is 1. The minimum absolute atomic E-state index is 0.109. The summed E-state index contributed by atoms with van der Waals surface area (Å²) in [6.45, 7) is -0.786. The summed E-state index contributed by atoms with van der Waals surface area (Å²) < 4.78 is 5.70. The van der Waals surface area contributed by atoms with Crippen LogP contribution in [0.4, 0.5) is 0 Å². The molecule has 5 fully saturated rings. The summed E-state index contributed by atoms with van der Waals surface area (Å²) in [5.41, 5.74) is -1.47. The van der Waals surface area contributed by atoms with Gasteiger partial charge in [0.15, 0.2) is 5.72 Å². The van der Waals surface area contributed by atoms with Crippen molar-refractivity contribution in [3.8, 4) is 0 Å². The fourth-order valence-electron chi connectivity index (χ4n) is 6.02. The van der Waals surface area contributed by atoms with Crippen molar-refractivity contribution >= 4 is 0 Å². The summed E-state index contributed by atoms with van der Waals surface area (Å²) in [5, 5.41) is 43.1. The molecule has 5 rings (SSSR count). The monoisotopic (exact) mass is 313 g/mol. The highest BCUT2D eigenvalue weighted by molar-refractivity contribution is 5.11. The zero-order valence-corrected chi connectivity index (χ0v) is 12.8. The van der Waals surface area contributed by atoms with Crippen LogP contribution in [0.25, 0.3) is 0 Å². The fraction of sp³-hybridized carbons (Fsp3) is 1.00. The van der Waals surface area contributed by atoms with Crippen LogP contribution < -0.4 is 5.32 Å². The third kappa shape index (κ3) is 2.16. The minimum atomic E-state index is -1.36. The van der Waals surface area contributed by atoms with Crippen molar-refractivity contribution in [3.05, 3.63) is 0 Å². The summed E-state index contributed by atoms with van der Waals surface area (Å²) in [7, 11) is 0. The van der Waals surface area contributed by atoms with E-state index in [1.165, 1.54) is 19.3 Å². The van der Waals surface area contributed by atoms with Gasteiger partial charge in [-0.15, -0.1) is 0 Å². The Labute approximate surface area is 130 Å². The Morgan fingerprint density at radius 3 is 1.91 bits per heavy atom. The van der Waals surface area contributed by atoms with E-state index in [2.05, 4.69) is 5.32 Å². The van der Waals surface area contributed by atoms with Crippen LogP contribution in [0.1, 0.15) is 38.5 Å². The molecule has 4 atom stereocenters. The molecule has 6 nitrogen and oxygen atoms in total. The van der Waals surface area contributed by atoms with E-state index in [0.717, 1.165) is 37.0 Å². The highest BCUT2D eigenvalue weighted by Gasteiger charge is 2.59. The number of aliphatic hydroxyl groups is 4. The van der Waals surface area contributed by atoms with Gasteiger partial charge in [-0.05, 0) is 56.3 Å². The molecule has 6 heteroatoms. The Kier molecular flexibility index (Phi) is 3.57. The third-order valence-corrected chi connectivity index (χ3v) is 6.47. The van der Waals surface area contributed by atoms with Gasteiger partial charge in [-0.25, -0.2) is 0 Å².